The van der Waals surface area contributed by atoms with Crippen LogP contribution in [0.25, 0.3) is 0 Å². The van der Waals surface area contributed by atoms with Gasteiger partial charge in [0.25, 0.3) is 0 Å². The first kappa shape index (κ1) is 18.9. The van der Waals surface area contributed by atoms with E-state index < -0.39 is 0 Å². The second-order valence-electron chi connectivity index (χ2n) is 7.49. The van der Waals surface area contributed by atoms with E-state index in [1.54, 1.807) is 0 Å². The lowest BCUT2D eigenvalue weighted by Gasteiger charge is -2.47. The third kappa shape index (κ3) is 3.92. The minimum absolute atomic E-state index is 0.0534. The van der Waals surface area contributed by atoms with Gasteiger partial charge in [-0.25, -0.2) is 14.8 Å². The number of likely N-dealkylation sites (tertiary alicyclic amines) is 1. The monoisotopic (exact) mass is 360 g/mol. The van der Waals surface area contributed by atoms with Gasteiger partial charge in [0.05, 0.1) is 0 Å². The number of carbonyl (C=O) groups is 1. The van der Waals surface area contributed by atoms with Crippen LogP contribution in [0.4, 0.5) is 10.7 Å². The first-order valence-corrected chi connectivity index (χ1v) is 9.95. The molecule has 7 heteroatoms. The summed E-state index contributed by atoms with van der Waals surface area (Å²) < 4.78 is 0. The Hall–Kier alpha value is -1.89. The number of rotatable bonds is 5. The minimum atomic E-state index is 0.0534. The van der Waals surface area contributed by atoms with Crippen molar-refractivity contribution in [3.05, 3.63) is 17.5 Å². The summed E-state index contributed by atoms with van der Waals surface area (Å²) >= 11 is 0. The third-order valence-electron chi connectivity index (χ3n) is 5.80. The van der Waals surface area contributed by atoms with Crippen LogP contribution < -0.4 is 11.1 Å². The van der Waals surface area contributed by atoms with Crippen molar-refractivity contribution >= 4 is 12.0 Å². The number of piperidine rings is 1. The lowest BCUT2D eigenvalue weighted by atomic mass is 9.76. The predicted octanol–water partition coefficient (Wildman–Crippen LogP) is 1.68. The van der Waals surface area contributed by atoms with Crippen LogP contribution >= 0.6 is 0 Å². The molecule has 26 heavy (non-hydrogen) atoms. The van der Waals surface area contributed by atoms with Gasteiger partial charge in [0.15, 0.2) is 0 Å². The van der Waals surface area contributed by atoms with Gasteiger partial charge in [-0.05, 0) is 57.6 Å². The summed E-state index contributed by atoms with van der Waals surface area (Å²) in [7, 11) is 0. The van der Waals surface area contributed by atoms with Crippen molar-refractivity contribution in [2.45, 2.75) is 58.5 Å². The molecule has 0 aromatic carbocycles. The number of nitrogens with two attached hydrogens (primary N) is 1. The Morgan fingerprint density at radius 1 is 1.35 bits per heavy atom. The first-order valence-electron chi connectivity index (χ1n) is 9.95. The highest BCUT2D eigenvalue weighted by atomic mass is 16.2. The normalized spacial score (nSPS) is 25.3. The van der Waals surface area contributed by atoms with E-state index in [1.807, 2.05) is 24.9 Å². The number of amides is 2. The van der Waals surface area contributed by atoms with Crippen molar-refractivity contribution in [1.29, 1.82) is 0 Å². The maximum absolute atomic E-state index is 12.5. The van der Waals surface area contributed by atoms with Crippen molar-refractivity contribution in [3.8, 4) is 0 Å². The number of carbonyl (C=O) groups excluding carboxylic acids is 1. The molecule has 1 saturated heterocycles. The van der Waals surface area contributed by atoms with Crippen LogP contribution in [0.15, 0.2) is 6.20 Å². The molecule has 1 aliphatic carbocycles. The summed E-state index contributed by atoms with van der Waals surface area (Å²) in [4.78, 5) is 25.6. The fraction of sp³-hybridized carbons (Fsp3) is 0.737. The molecule has 1 aromatic rings. The highest BCUT2D eigenvalue weighted by Crippen LogP contribution is 2.34. The predicted molar refractivity (Wildman–Crippen MR) is 103 cm³/mol. The van der Waals surface area contributed by atoms with Crippen LogP contribution in [0.2, 0.25) is 0 Å². The molecule has 3 N–H and O–H groups in total. The number of nitrogens with one attached hydrogen (secondary N) is 1. The van der Waals surface area contributed by atoms with Crippen LogP contribution in [0.3, 0.4) is 0 Å². The summed E-state index contributed by atoms with van der Waals surface area (Å²) in [5, 5.41) is 3.27. The van der Waals surface area contributed by atoms with Crippen LogP contribution in [-0.4, -0.2) is 64.1 Å². The van der Waals surface area contributed by atoms with Gasteiger partial charge in [-0.15, -0.1) is 0 Å². The zero-order valence-electron chi connectivity index (χ0n) is 16.2. The van der Waals surface area contributed by atoms with Crippen molar-refractivity contribution in [2.24, 2.45) is 5.92 Å². The van der Waals surface area contributed by atoms with E-state index in [9.17, 15) is 4.79 Å². The Labute approximate surface area is 156 Å². The summed E-state index contributed by atoms with van der Waals surface area (Å²) in [5.74, 6) is 0.855. The SMILES string of the molecule is CCCN1CC(NC(=O)N(CC)CC)CC2Cc3nc(N)ncc3CC21. The highest BCUT2D eigenvalue weighted by Gasteiger charge is 2.40. The number of anilines is 1. The number of aromatic nitrogens is 2. The van der Waals surface area contributed by atoms with Crippen LogP contribution in [0, 0.1) is 5.92 Å². The van der Waals surface area contributed by atoms with Gasteiger partial charge in [-0.1, -0.05) is 6.92 Å². The van der Waals surface area contributed by atoms with Crippen molar-refractivity contribution in [1.82, 2.24) is 25.1 Å². The molecule has 1 fully saturated rings. The van der Waals surface area contributed by atoms with Crippen LogP contribution in [0.1, 0.15) is 44.9 Å². The smallest absolute Gasteiger partial charge is 0.317 e. The molecule has 0 spiro atoms. The topological polar surface area (TPSA) is 87.4 Å². The average Bonchev–Trinajstić information content (AvgIpc) is 2.61. The number of fused-ring (bicyclic) bond motifs is 2. The van der Waals surface area contributed by atoms with Gasteiger partial charge in [0, 0.05) is 43.6 Å². The van der Waals surface area contributed by atoms with Crippen LogP contribution in [0.5, 0.6) is 0 Å². The van der Waals surface area contributed by atoms with Crippen molar-refractivity contribution < 1.29 is 4.79 Å². The summed E-state index contributed by atoms with van der Waals surface area (Å²) in [6.45, 7) is 9.72. The Bertz CT molecular complexity index is 632. The van der Waals surface area contributed by atoms with E-state index in [1.165, 1.54) is 5.56 Å². The average molecular weight is 361 g/mol. The van der Waals surface area contributed by atoms with E-state index in [0.29, 0.717) is 17.9 Å². The molecule has 2 amide bonds. The number of nitrogen functional groups attached to an aromatic ring is 1. The summed E-state index contributed by atoms with van der Waals surface area (Å²) in [5.41, 5.74) is 8.10. The Balaban J connectivity index is 1.75. The number of hydrogen-bond donors (Lipinski definition) is 2. The lowest BCUT2D eigenvalue weighted by molar-refractivity contribution is 0.0627. The largest absolute Gasteiger partial charge is 0.368 e. The molecule has 2 heterocycles. The first-order chi connectivity index (χ1) is 12.5. The Morgan fingerprint density at radius 2 is 2.12 bits per heavy atom. The molecular formula is C19H32N6O. The maximum atomic E-state index is 12.5. The fourth-order valence-electron chi connectivity index (χ4n) is 4.53. The molecule has 1 aromatic heterocycles. The standard InChI is InChI=1S/C19H32N6O/c1-4-7-25-12-15(22-19(26)24(5-2)6-3)8-13-9-16-14(10-17(13)25)11-21-18(20)23-16/h11,13,15,17H,4-10,12H2,1-3H3,(H,22,26)(H2,20,21,23). The molecule has 3 atom stereocenters. The molecule has 2 aliphatic rings. The quantitative estimate of drug-likeness (QED) is 0.834. The molecule has 3 unspecified atom stereocenters. The maximum Gasteiger partial charge on any atom is 0.317 e. The van der Waals surface area contributed by atoms with Crippen LogP contribution in [-0.2, 0) is 12.8 Å². The fourth-order valence-corrected chi connectivity index (χ4v) is 4.53. The van der Waals surface area contributed by atoms with Gasteiger partial charge >= 0.3 is 6.03 Å². The zero-order chi connectivity index (χ0) is 18.7. The molecule has 0 radical (unpaired) electrons. The highest BCUT2D eigenvalue weighted by molar-refractivity contribution is 5.74. The molecule has 7 nitrogen and oxygen atoms in total. The van der Waals surface area contributed by atoms with E-state index >= 15 is 0 Å². The second-order valence-corrected chi connectivity index (χ2v) is 7.49. The summed E-state index contributed by atoms with van der Waals surface area (Å²) in [6, 6.07) is 0.755. The van der Waals surface area contributed by atoms with E-state index in [2.05, 4.69) is 27.1 Å². The van der Waals surface area contributed by atoms with E-state index in [0.717, 1.165) is 57.6 Å². The zero-order valence-corrected chi connectivity index (χ0v) is 16.2. The molecule has 3 rings (SSSR count). The molecule has 0 saturated carbocycles. The minimum Gasteiger partial charge on any atom is -0.368 e. The molecule has 0 bridgehead atoms. The molecule has 1 aliphatic heterocycles. The second kappa shape index (κ2) is 8.20. The van der Waals surface area contributed by atoms with Gasteiger partial charge in [0.1, 0.15) is 0 Å². The van der Waals surface area contributed by atoms with Gasteiger partial charge in [-0.3, -0.25) is 4.90 Å². The van der Waals surface area contributed by atoms with Gasteiger partial charge < -0.3 is 16.0 Å². The van der Waals surface area contributed by atoms with Gasteiger partial charge in [-0.2, -0.15) is 0 Å². The third-order valence-corrected chi connectivity index (χ3v) is 5.80. The number of hydrogen-bond acceptors (Lipinski definition) is 5. The lowest BCUT2D eigenvalue weighted by Crippen LogP contribution is -2.59. The summed E-state index contributed by atoms with van der Waals surface area (Å²) in [6.07, 6.45) is 5.92. The van der Waals surface area contributed by atoms with Gasteiger partial charge in [0.2, 0.25) is 5.95 Å². The molecule has 144 valence electrons. The van der Waals surface area contributed by atoms with E-state index in [-0.39, 0.29) is 12.1 Å². The number of nitrogens with zero attached hydrogens (tertiary/aromatic N) is 4. The van der Waals surface area contributed by atoms with Crippen molar-refractivity contribution in [2.75, 3.05) is 31.9 Å². The Morgan fingerprint density at radius 3 is 2.81 bits per heavy atom. The Kier molecular flexibility index (Phi) is 5.96. The van der Waals surface area contributed by atoms with E-state index in [4.69, 9.17) is 5.73 Å². The van der Waals surface area contributed by atoms with Crippen molar-refractivity contribution in [3.63, 3.8) is 0 Å². The number of urea groups is 1. The molecular weight excluding hydrogens is 328 g/mol.